The quantitative estimate of drug-likeness (QED) is 0.792. The minimum atomic E-state index is -0.289. The van der Waals surface area contributed by atoms with Crippen molar-refractivity contribution in [2.24, 2.45) is 5.92 Å². The van der Waals surface area contributed by atoms with E-state index in [0.717, 1.165) is 37.7 Å². The number of hydrogen-bond acceptors (Lipinski definition) is 3. The Morgan fingerprint density at radius 2 is 1.91 bits per heavy atom. The summed E-state index contributed by atoms with van der Waals surface area (Å²) in [6.07, 6.45) is 6.34. The van der Waals surface area contributed by atoms with Crippen LogP contribution in [0.1, 0.15) is 60.0 Å². The number of Topliss-reactive ketones (excluding diaryl/α,β-unsaturated/α-hetero) is 1. The van der Waals surface area contributed by atoms with Gasteiger partial charge in [0.25, 0.3) is 0 Å². The zero-order valence-corrected chi connectivity index (χ0v) is 13.5. The normalized spacial score (nSPS) is 22.8. The molecule has 1 amide bonds. The van der Waals surface area contributed by atoms with Gasteiger partial charge in [0, 0.05) is 30.9 Å². The Hall–Kier alpha value is -1.68. The standard InChI is InChI=1S/C19H25NO3/c21-17-6-2-5-16(17)12-20-19(23)10-9-18(22)15-8-7-13-3-1-4-14(13)11-15/h7-8,11,16-17,21H,1-6,9-10,12H2,(H,20,23). The first-order chi connectivity index (χ1) is 11.1. The van der Waals surface area contributed by atoms with Gasteiger partial charge in [0.05, 0.1) is 6.10 Å². The molecule has 2 unspecified atom stereocenters. The van der Waals surface area contributed by atoms with Crippen molar-refractivity contribution in [1.82, 2.24) is 5.32 Å². The highest BCUT2D eigenvalue weighted by molar-refractivity contribution is 5.98. The average Bonchev–Trinajstić information content (AvgIpc) is 3.18. The van der Waals surface area contributed by atoms with Gasteiger partial charge in [-0.1, -0.05) is 18.6 Å². The number of aliphatic hydroxyl groups is 1. The highest BCUT2D eigenvalue weighted by atomic mass is 16.3. The Morgan fingerprint density at radius 3 is 2.70 bits per heavy atom. The Bertz CT molecular complexity index is 596. The second-order valence-corrected chi connectivity index (χ2v) is 6.82. The first-order valence-electron chi connectivity index (χ1n) is 8.73. The molecule has 4 nitrogen and oxygen atoms in total. The largest absolute Gasteiger partial charge is 0.393 e. The van der Waals surface area contributed by atoms with Gasteiger partial charge in [0.1, 0.15) is 0 Å². The van der Waals surface area contributed by atoms with E-state index in [1.807, 2.05) is 12.1 Å². The molecule has 1 fully saturated rings. The third-order valence-corrected chi connectivity index (χ3v) is 5.18. The van der Waals surface area contributed by atoms with Crippen LogP contribution in [0.15, 0.2) is 18.2 Å². The second-order valence-electron chi connectivity index (χ2n) is 6.82. The molecule has 2 atom stereocenters. The van der Waals surface area contributed by atoms with Crippen molar-refractivity contribution in [3.8, 4) is 0 Å². The van der Waals surface area contributed by atoms with Crippen LogP contribution < -0.4 is 5.32 Å². The van der Waals surface area contributed by atoms with E-state index in [-0.39, 0.29) is 36.6 Å². The number of carbonyl (C=O) groups is 2. The zero-order valence-electron chi connectivity index (χ0n) is 13.5. The lowest BCUT2D eigenvalue weighted by atomic mass is 10.0. The molecule has 1 aromatic rings. The van der Waals surface area contributed by atoms with Crippen LogP contribution in [-0.2, 0) is 17.6 Å². The van der Waals surface area contributed by atoms with E-state index in [0.29, 0.717) is 6.54 Å². The summed E-state index contributed by atoms with van der Waals surface area (Å²) in [7, 11) is 0. The summed E-state index contributed by atoms with van der Waals surface area (Å²) in [5.74, 6) is 0.112. The molecule has 0 saturated heterocycles. The number of aliphatic hydroxyl groups excluding tert-OH is 1. The van der Waals surface area contributed by atoms with Gasteiger partial charge in [-0.15, -0.1) is 0 Å². The van der Waals surface area contributed by atoms with Gasteiger partial charge in [-0.2, -0.15) is 0 Å². The Balaban J connectivity index is 1.44. The molecule has 0 aliphatic heterocycles. The van der Waals surface area contributed by atoms with Gasteiger partial charge in [0.15, 0.2) is 5.78 Å². The first-order valence-corrected chi connectivity index (χ1v) is 8.73. The predicted octanol–water partition coefficient (Wildman–Crippen LogP) is 2.42. The summed E-state index contributed by atoms with van der Waals surface area (Å²) in [5.41, 5.74) is 3.37. The van der Waals surface area contributed by atoms with Crippen molar-refractivity contribution in [2.75, 3.05) is 6.54 Å². The number of rotatable bonds is 6. The van der Waals surface area contributed by atoms with E-state index in [1.54, 1.807) is 0 Å². The number of amides is 1. The molecule has 0 aromatic heterocycles. The van der Waals surface area contributed by atoms with Crippen LogP contribution in [0.3, 0.4) is 0 Å². The van der Waals surface area contributed by atoms with Crippen LogP contribution in [0.25, 0.3) is 0 Å². The molecule has 0 heterocycles. The summed E-state index contributed by atoms with van der Waals surface area (Å²) in [6.45, 7) is 0.521. The maximum absolute atomic E-state index is 12.2. The van der Waals surface area contributed by atoms with Crippen molar-refractivity contribution in [2.45, 2.75) is 57.5 Å². The molecule has 23 heavy (non-hydrogen) atoms. The predicted molar refractivity (Wildman–Crippen MR) is 88.4 cm³/mol. The van der Waals surface area contributed by atoms with Crippen molar-refractivity contribution < 1.29 is 14.7 Å². The lowest BCUT2D eigenvalue weighted by Crippen LogP contribution is -2.32. The average molecular weight is 315 g/mol. The lowest BCUT2D eigenvalue weighted by Gasteiger charge is -2.14. The summed E-state index contributed by atoms with van der Waals surface area (Å²) in [5, 5.41) is 12.6. The maximum Gasteiger partial charge on any atom is 0.220 e. The molecule has 4 heteroatoms. The number of fused-ring (bicyclic) bond motifs is 1. The smallest absolute Gasteiger partial charge is 0.220 e. The molecule has 124 valence electrons. The van der Waals surface area contributed by atoms with Gasteiger partial charge < -0.3 is 10.4 Å². The summed E-state index contributed by atoms with van der Waals surface area (Å²) < 4.78 is 0. The van der Waals surface area contributed by atoms with E-state index in [4.69, 9.17) is 0 Å². The topological polar surface area (TPSA) is 66.4 Å². The third kappa shape index (κ3) is 3.99. The SMILES string of the molecule is O=C(CCC(=O)c1ccc2c(c1)CCC2)NCC1CCCC1O. The van der Waals surface area contributed by atoms with E-state index in [2.05, 4.69) is 11.4 Å². The highest BCUT2D eigenvalue weighted by Crippen LogP contribution is 2.25. The number of aryl methyl sites for hydroxylation is 2. The summed E-state index contributed by atoms with van der Waals surface area (Å²) >= 11 is 0. The minimum Gasteiger partial charge on any atom is -0.393 e. The maximum atomic E-state index is 12.2. The van der Waals surface area contributed by atoms with Gasteiger partial charge in [-0.05, 0) is 49.3 Å². The lowest BCUT2D eigenvalue weighted by molar-refractivity contribution is -0.121. The Labute approximate surface area is 137 Å². The molecule has 2 N–H and O–H groups in total. The van der Waals surface area contributed by atoms with E-state index < -0.39 is 0 Å². The molecule has 0 radical (unpaired) electrons. The zero-order chi connectivity index (χ0) is 16.2. The van der Waals surface area contributed by atoms with Crippen LogP contribution in [0.5, 0.6) is 0 Å². The number of benzene rings is 1. The van der Waals surface area contributed by atoms with E-state index in [1.165, 1.54) is 17.5 Å². The van der Waals surface area contributed by atoms with Crippen molar-refractivity contribution in [3.63, 3.8) is 0 Å². The fourth-order valence-corrected chi connectivity index (χ4v) is 3.71. The molecule has 2 aliphatic carbocycles. The minimum absolute atomic E-state index is 0.0377. The van der Waals surface area contributed by atoms with Crippen LogP contribution >= 0.6 is 0 Å². The molecule has 0 bridgehead atoms. The fourth-order valence-electron chi connectivity index (χ4n) is 3.71. The van der Waals surface area contributed by atoms with Crippen molar-refractivity contribution in [1.29, 1.82) is 0 Å². The molecule has 0 spiro atoms. The van der Waals surface area contributed by atoms with Gasteiger partial charge >= 0.3 is 0 Å². The van der Waals surface area contributed by atoms with Gasteiger partial charge in [-0.25, -0.2) is 0 Å². The molecule has 3 rings (SSSR count). The molecule has 1 aromatic carbocycles. The van der Waals surface area contributed by atoms with Crippen LogP contribution in [-0.4, -0.2) is 29.4 Å². The monoisotopic (exact) mass is 315 g/mol. The molecular formula is C19H25NO3. The summed E-state index contributed by atoms with van der Waals surface area (Å²) in [6, 6.07) is 5.94. The number of nitrogens with one attached hydrogen (secondary N) is 1. The van der Waals surface area contributed by atoms with Crippen LogP contribution in [0, 0.1) is 5.92 Å². The second kappa shape index (κ2) is 7.26. The molecule has 1 saturated carbocycles. The molecule has 2 aliphatic rings. The van der Waals surface area contributed by atoms with Crippen LogP contribution in [0.2, 0.25) is 0 Å². The summed E-state index contributed by atoms with van der Waals surface area (Å²) in [4.78, 5) is 24.1. The molecular weight excluding hydrogens is 290 g/mol. The first kappa shape index (κ1) is 16.2. The number of ketones is 1. The third-order valence-electron chi connectivity index (χ3n) is 5.18. The van der Waals surface area contributed by atoms with Crippen molar-refractivity contribution in [3.05, 3.63) is 34.9 Å². The Kier molecular flexibility index (Phi) is 5.11. The van der Waals surface area contributed by atoms with E-state index in [9.17, 15) is 14.7 Å². The van der Waals surface area contributed by atoms with Gasteiger partial charge in [0.2, 0.25) is 5.91 Å². The fraction of sp³-hybridized carbons (Fsp3) is 0.579. The highest BCUT2D eigenvalue weighted by Gasteiger charge is 2.25. The van der Waals surface area contributed by atoms with Crippen molar-refractivity contribution >= 4 is 11.7 Å². The van der Waals surface area contributed by atoms with Gasteiger partial charge in [-0.3, -0.25) is 9.59 Å². The number of carbonyl (C=O) groups excluding carboxylic acids is 2. The number of hydrogen-bond donors (Lipinski definition) is 2. The Morgan fingerprint density at radius 1 is 1.09 bits per heavy atom. The van der Waals surface area contributed by atoms with Crippen LogP contribution in [0.4, 0.5) is 0 Å². The van der Waals surface area contributed by atoms with E-state index >= 15 is 0 Å².